The van der Waals surface area contributed by atoms with Crippen molar-refractivity contribution >= 4 is 41.5 Å². The summed E-state index contributed by atoms with van der Waals surface area (Å²) in [7, 11) is 0. The molecule has 14 heteroatoms. The lowest BCUT2D eigenvalue weighted by molar-refractivity contribution is -0.140. The Morgan fingerprint density at radius 3 is 1.19 bits per heavy atom. The average molecular weight is 413 g/mol. The number of hydrogen-bond donors (Lipinski definition) is 8. The van der Waals surface area contributed by atoms with Crippen LogP contribution in [0.4, 0.5) is 0 Å². The summed E-state index contributed by atoms with van der Waals surface area (Å²) in [6.07, 6.45) is 1.86. The van der Waals surface area contributed by atoms with Crippen molar-refractivity contribution in [2.75, 3.05) is 12.0 Å². The molecule has 13 N–H and O–H groups in total. The van der Waals surface area contributed by atoms with Gasteiger partial charge < -0.3 is 44.0 Å². The van der Waals surface area contributed by atoms with Crippen molar-refractivity contribution in [3.8, 4) is 0 Å². The van der Waals surface area contributed by atoms with E-state index >= 15 is 0 Å². The van der Waals surface area contributed by atoms with Crippen LogP contribution in [-0.2, 0) is 24.0 Å². The summed E-state index contributed by atoms with van der Waals surface area (Å²) < 4.78 is 0. The van der Waals surface area contributed by atoms with Gasteiger partial charge in [0.15, 0.2) is 0 Å². The monoisotopic (exact) mass is 413 g/mol. The van der Waals surface area contributed by atoms with Crippen molar-refractivity contribution in [2.45, 2.75) is 37.4 Å². The number of primary amides is 2. The fourth-order valence-electron chi connectivity index (χ4n) is 0.976. The molecular formula is C13H27N5O8S. The van der Waals surface area contributed by atoms with Gasteiger partial charge in [-0.25, -0.2) is 0 Å². The van der Waals surface area contributed by atoms with E-state index in [1.54, 1.807) is 11.8 Å². The van der Waals surface area contributed by atoms with Crippen LogP contribution in [0.1, 0.15) is 19.3 Å². The highest BCUT2D eigenvalue weighted by Crippen LogP contribution is 1.97. The zero-order valence-corrected chi connectivity index (χ0v) is 15.6. The predicted octanol–water partition coefficient (Wildman–Crippen LogP) is -3.30. The number of rotatable bonds is 10. The van der Waals surface area contributed by atoms with Gasteiger partial charge in [-0.15, -0.1) is 0 Å². The van der Waals surface area contributed by atoms with Gasteiger partial charge in [0.1, 0.15) is 18.1 Å². The zero-order chi connectivity index (χ0) is 22.2. The molecule has 0 aliphatic rings. The quantitative estimate of drug-likeness (QED) is 0.175. The largest absolute Gasteiger partial charge is 0.480 e. The summed E-state index contributed by atoms with van der Waals surface area (Å²) in [5, 5.41) is 24.5. The van der Waals surface area contributed by atoms with E-state index in [4.69, 9.17) is 32.5 Å². The van der Waals surface area contributed by atoms with E-state index in [1.807, 2.05) is 6.26 Å². The summed E-state index contributed by atoms with van der Waals surface area (Å²) >= 11 is 1.60. The van der Waals surface area contributed by atoms with Gasteiger partial charge in [0.05, 0.1) is 12.8 Å². The smallest absolute Gasteiger partial charge is 0.321 e. The molecule has 0 rings (SSSR count). The van der Waals surface area contributed by atoms with Crippen LogP contribution in [0.2, 0.25) is 0 Å². The second-order valence-corrected chi connectivity index (χ2v) is 5.94. The van der Waals surface area contributed by atoms with Crippen LogP contribution >= 0.6 is 11.8 Å². The maximum Gasteiger partial charge on any atom is 0.321 e. The topological polar surface area (TPSA) is 276 Å². The fourth-order valence-corrected chi connectivity index (χ4v) is 1.47. The van der Waals surface area contributed by atoms with Crippen LogP contribution in [0.3, 0.4) is 0 Å². The van der Waals surface area contributed by atoms with E-state index in [9.17, 15) is 24.0 Å². The molecule has 0 radical (unpaired) electrons. The molecule has 0 heterocycles. The normalized spacial score (nSPS) is 12.7. The molecule has 0 aromatic heterocycles. The van der Waals surface area contributed by atoms with E-state index in [0.29, 0.717) is 6.42 Å². The number of thioether (sulfide) groups is 1. The van der Waals surface area contributed by atoms with Crippen molar-refractivity contribution in [1.29, 1.82) is 0 Å². The molecule has 0 spiro atoms. The Bertz CT molecular complexity index is 473. The van der Waals surface area contributed by atoms with Gasteiger partial charge in [0.25, 0.3) is 0 Å². The Morgan fingerprint density at radius 1 is 0.741 bits per heavy atom. The molecule has 3 unspecified atom stereocenters. The minimum atomic E-state index is -1.21. The maximum atomic E-state index is 10.1. The first-order valence-corrected chi connectivity index (χ1v) is 8.66. The zero-order valence-electron chi connectivity index (χ0n) is 14.7. The van der Waals surface area contributed by atoms with Crippen molar-refractivity contribution in [2.24, 2.45) is 28.7 Å². The first-order chi connectivity index (χ1) is 12.3. The van der Waals surface area contributed by atoms with E-state index in [2.05, 4.69) is 11.5 Å². The first-order valence-electron chi connectivity index (χ1n) is 7.26. The number of hydrogen-bond acceptors (Lipinski definition) is 9. The minimum Gasteiger partial charge on any atom is -0.480 e. The molecule has 2 amide bonds. The van der Waals surface area contributed by atoms with E-state index in [1.165, 1.54) is 0 Å². The highest BCUT2D eigenvalue weighted by Gasteiger charge is 2.13. The molecule has 0 saturated heterocycles. The molecule has 0 aliphatic heterocycles. The van der Waals surface area contributed by atoms with Gasteiger partial charge in [-0.05, 0) is 18.4 Å². The Hall–Kier alpha value is -2.42. The summed E-state index contributed by atoms with van der Waals surface area (Å²) in [5.41, 5.74) is 24.3. The predicted molar refractivity (Wildman–Crippen MR) is 97.5 cm³/mol. The molecule has 0 saturated carbocycles. The van der Waals surface area contributed by atoms with Crippen LogP contribution in [0.15, 0.2) is 0 Å². The van der Waals surface area contributed by atoms with Gasteiger partial charge in [0.2, 0.25) is 11.8 Å². The number of carbonyl (C=O) groups is 5. The van der Waals surface area contributed by atoms with Gasteiger partial charge in [-0.3, -0.25) is 24.0 Å². The van der Waals surface area contributed by atoms with Gasteiger partial charge in [-0.1, -0.05) is 0 Å². The molecule has 13 nitrogen and oxygen atoms in total. The summed E-state index contributed by atoms with van der Waals surface area (Å²) in [4.78, 5) is 49.9. The van der Waals surface area contributed by atoms with Crippen LogP contribution in [0.5, 0.6) is 0 Å². The lowest BCUT2D eigenvalue weighted by Gasteiger charge is -2.02. The Balaban J connectivity index is -0.000000320. The van der Waals surface area contributed by atoms with Crippen LogP contribution in [0, 0.1) is 0 Å². The average Bonchev–Trinajstić information content (AvgIpc) is 2.52. The van der Waals surface area contributed by atoms with Gasteiger partial charge >= 0.3 is 17.9 Å². The Labute approximate surface area is 159 Å². The number of aliphatic carboxylic acids is 3. The molecule has 0 aromatic rings. The minimum absolute atomic E-state index is 0.310. The standard InChI is InChI=1S/C5H11NO2S.2C4H8N2O3/c1-9-3-2-4(6)5(7)8;2*5-2(4(8)9)1-3(6)7/h4H,2-3,6H2,1H3,(H,7,8);2*2H,1,5H2,(H2,6,7)(H,8,9). The van der Waals surface area contributed by atoms with Crippen molar-refractivity contribution in [3.05, 3.63) is 0 Å². The lowest BCUT2D eigenvalue weighted by Crippen LogP contribution is -2.34. The van der Waals surface area contributed by atoms with E-state index in [0.717, 1.165) is 5.75 Å². The van der Waals surface area contributed by atoms with Crippen molar-refractivity contribution in [1.82, 2.24) is 0 Å². The fraction of sp³-hybridized carbons (Fsp3) is 0.615. The number of carbonyl (C=O) groups excluding carboxylic acids is 2. The van der Waals surface area contributed by atoms with E-state index < -0.39 is 47.8 Å². The highest BCUT2D eigenvalue weighted by molar-refractivity contribution is 7.98. The highest BCUT2D eigenvalue weighted by atomic mass is 32.2. The SMILES string of the molecule is CSCCC(N)C(=O)O.NC(=O)CC(N)C(=O)O.NC(=O)CC(N)C(=O)O. The first kappa shape index (κ1) is 29.3. The number of carboxylic acids is 3. The summed E-state index contributed by atoms with van der Waals surface area (Å²) in [6.45, 7) is 0. The third kappa shape index (κ3) is 23.6. The second kappa shape index (κ2) is 17.0. The molecule has 0 bridgehead atoms. The third-order valence-corrected chi connectivity index (χ3v) is 3.07. The molecule has 0 aromatic carbocycles. The number of carboxylic acid groups (broad SMARTS) is 3. The van der Waals surface area contributed by atoms with Crippen LogP contribution < -0.4 is 28.7 Å². The maximum absolute atomic E-state index is 10.1. The summed E-state index contributed by atoms with van der Waals surface area (Å²) in [5.74, 6) is -3.94. The van der Waals surface area contributed by atoms with Crippen molar-refractivity contribution < 1.29 is 39.3 Å². The molecule has 3 atom stereocenters. The summed E-state index contributed by atoms with van der Waals surface area (Å²) in [6, 6.07) is -3.01. The lowest BCUT2D eigenvalue weighted by atomic mass is 10.2. The Kier molecular flexibility index (Phi) is 18.5. The molecule has 158 valence electrons. The second-order valence-electron chi connectivity index (χ2n) is 4.96. The van der Waals surface area contributed by atoms with E-state index in [-0.39, 0.29) is 12.8 Å². The van der Waals surface area contributed by atoms with Gasteiger partial charge in [-0.2, -0.15) is 11.8 Å². The third-order valence-electron chi connectivity index (χ3n) is 2.43. The molecule has 0 aliphatic carbocycles. The molecule has 0 fully saturated rings. The van der Waals surface area contributed by atoms with Crippen molar-refractivity contribution in [3.63, 3.8) is 0 Å². The van der Waals surface area contributed by atoms with Crippen LogP contribution in [0.25, 0.3) is 0 Å². The van der Waals surface area contributed by atoms with Crippen LogP contribution in [-0.4, -0.2) is 75.2 Å². The Morgan fingerprint density at radius 2 is 1.04 bits per heavy atom. The molecule has 27 heavy (non-hydrogen) atoms. The molecular weight excluding hydrogens is 386 g/mol. The number of amides is 2. The number of nitrogens with two attached hydrogens (primary N) is 5. The van der Waals surface area contributed by atoms with Gasteiger partial charge in [0, 0.05) is 0 Å².